The van der Waals surface area contributed by atoms with Gasteiger partial charge < -0.3 is 5.73 Å². The topological polar surface area (TPSA) is 60.2 Å². The van der Waals surface area contributed by atoms with Gasteiger partial charge >= 0.3 is 0 Å². The smallest absolute Gasteiger partial charge is 0.227 e. The molecule has 0 aromatic carbocycles. The molecule has 0 radical (unpaired) electrons. The number of carbonyl (C=O) groups excluding carboxylic acids is 2. The molecule has 0 aromatic rings. The number of rotatable bonds is 34. The van der Waals surface area contributed by atoms with Crippen molar-refractivity contribution in [1.82, 2.24) is 0 Å². The molecule has 0 fully saturated rings. The van der Waals surface area contributed by atoms with E-state index in [4.69, 9.17) is 5.73 Å². The van der Waals surface area contributed by atoms with Crippen molar-refractivity contribution < 1.29 is 9.59 Å². The Balaban J connectivity index is 3.53. The first-order valence-corrected chi connectivity index (χ1v) is 18.6. The van der Waals surface area contributed by atoms with E-state index in [1.165, 1.54) is 161 Å². The number of hydrogen-bond donors (Lipinski definition) is 1. The van der Waals surface area contributed by atoms with Gasteiger partial charge in [-0.15, -0.1) is 0 Å². The van der Waals surface area contributed by atoms with E-state index < -0.39 is 11.8 Å². The molecule has 0 saturated carbocycles. The fraction of sp³-hybridized carbons (Fsp3) is 0.895. The van der Waals surface area contributed by atoms with Crippen molar-refractivity contribution in [3.05, 3.63) is 12.2 Å². The lowest BCUT2D eigenvalue weighted by Crippen LogP contribution is -2.30. The summed E-state index contributed by atoms with van der Waals surface area (Å²) in [5.74, 6) is -0.878. The second-order valence-corrected chi connectivity index (χ2v) is 12.8. The lowest BCUT2D eigenvalue weighted by Gasteiger charge is -2.12. The third kappa shape index (κ3) is 30.2. The zero-order valence-electron chi connectivity index (χ0n) is 28.0. The van der Waals surface area contributed by atoms with E-state index in [9.17, 15) is 9.59 Å². The molecule has 2 N–H and O–H groups in total. The Morgan fingerprint density at radius 1 is 0.463 bits per heavy atom. The molecule has 3 heteroatoms. The molecule has 0 heterocycles. The second kappa shape index (κ2) is 33.4. The minimum absolute atomic E-state index is 0.0848. The average molecular weight is 576 g/mol. The van der Waals surface area contributed by atoms with E-state index in [0.717, 1.165) is 25.7 Å². The van der Waals surface area contributed by atoms with E-state index in [1.54, 1.807) is 0 Å². The molecule has 1 atom stereocenters. The molecule has 1 amide bonds. The Hall–Kier alpha value is -1.12. The predicted molar refractivity (Wildman–Crippen MR) is 181 cm³/mol. The summed E-state index contributed by atoms with van der Waals surface area (Å²) in [6.07, 6.45) is 43.4. The van der Waals surface area contributed by atoms with Crippen LogP contribution in [0.15, 0.2) is 12.2 Å². The zero-order valence-corrected chi connectivity index (χ0v) is 28.0. The maximum absolute atomic E-state index is 12.6. The Morgan fingerprint density at radius 3 is 1.15 bits per heavy atom. The van der Waals surface area contributed by atoms with E-state index in [0.29, 0.717) is 12.8 Å². The fourth-order valence-corrected chi connectivity index (χ4v) is 5.90. The monoisotopic (exact) mass is 576 g/mol. The lowest BCUT2D eigenvalue weighted by molar-refractivity contribution is -0.132. The normalized spacial score (nSPS) is 12.3. The average Bonchev–Trinajstić information content (AvgIpc) is 2.96. The summed E-state index contributed by atoms with van der Waals surface area (Å²) in [6.45, 7) is 4.54. The highest BCUT2D eigenvalue weighted by atomic mass is 16.2. The van der Waals surface area contributed by atoms with Crippen LogP contribution >= 0.6 is 0 Å². The first-order valence-electron chi connectivity index (χ1n) is 18.6. The minimum Gasteiger partial charge on any atom is -0.369 e. The van der Waals surface area contributed by atoms with Gasteiger partial charge in [0.1, 0.15) is 5.78 Å². The van der Waals surface area contributed by atoms with Crippen LogP contribution < -0.4 is 5.73 Å². The highest BCUT2D eigenvalue weighted by Gasteiger charge is 2.22. The van der Waals surface area contributed by atoms with Crippen molar-refractivity contribution >= 4 is 11.7 Å². The molecule has 41 heavy (non-hydrogen) atoms. The summed E-state index contributed by atoms with van der Waals surface area (Å²) >= 11 is 0. The van der Waals surface area contributed by atoms with Crippen LogP contribution in [-0.2, 0) is 9.59 Å². The molecular weight excluding hydrogens is 502 g/mol. The highest BCUT2D eigenvalue weighted by Crippen LogP contribution is 2.18. The van der Waals surface area contributed by atoms with E-state index in [1.807, 2.05) is 0 Å². The van der Waals surface area contributed by atoms with Gasteiger partial charge in [0.15, 0.2) is 0 Å². The van der Waals surface area contributed by atoms with Crippen LogP contribution in [0.4, 0.5) is 0 Å². The third-order valence-electron chi connectivity index (χ3n) is 8.76. The molecule has 0 aliphatic heterocycles. The van der Waals surface area contributed by atoms with Crippen molar-refractivity contribution in [3.8, 4) is 0 Å². The maximum atomic E-state index is 12.6. The van der Waals surface area contributed by atoms with Crippen LogP contribution in [0.1, 0.15) is 213 Å². The molecule has 0 rings (SSSR count). The largest absolute Gasteiger partial charge is 0.369 e. The quantitative estimate of drug-likeness (QED) is 0.0471. The zero-order chi connectivity index (χ0) is 30.1. The number of unbranched alkanes of at least 4 members (excludes halogenated alkanes) is 26. The number of ketones is 1. The van der Waals surface area contributed by atoms with Gasteiger partial charge in [-0.2, -0.15) is 0 Å². The van der Waals surface area contributed by atoms with Gasteiger partial charge in [0.25, 0.3) is 0 Å². The van der Waals surface area contributed by atoms with E-state index in [2.05, 4.69) is 26.0 Å². The maximum Gasteiger partial charge on any atom is 0.227 e. The molecule has 0 aliphatic rings. The number of primary amides is 1. The Labute approximate surface area is 257 Å². The van der Waals surface area contributed by atoms with Crippen LogP contribution in [0.3, 0.4) is 0 Å². The predicted octanol–water partition coefficient (Wildman–Crippen LogP) is 12.3. The standard InChI is InChI=1S/C38H73NO2/c1-3-5-7-9-11-13-15-17-18-19-20-21-22-23-25-27-29-31-33-35-37(40)36(38(39)41)34-32-30-28-26-24-16-14-12-10-8-6-4-2/h17-18,36H,3-16,19-35H2,1-2H3,(H2,39,41). The molecule has 0 aliphatic carbocycles. The molecule has 3 nitrogen and oxygen atoms in total. The number of Topliss-reactive ketones (excluding diaryl/α,β-unsaturated/α-hetero) is 1. The van der Waals surface area contributed by atoms with Crippen LogP contribution in [0.25, 0.3) is 0 Å². The Morgan fingerprint density at radius 2 is 0.780 bits per heavy atom. The number of carbonyl (C=O) groups is 2. The number of hydrogen-bond acceptors (Lipinski definition) is 2. The minimum atomic E-state index is -0.552. The van der Waals surface area contributed by atoms with Crippen molar-refractivity contribution in [3.63, 3.8) is 0 Å². The van der Waals surface area contributed by atoms with Crippen LogP contribution in [0.2, 0.25) is 0 Å². The Kier molecular flexibility index (Phi) is 32.5. The first-order chi connectivity index (χ1) is 20.1. The summed E-state index contributed by atoms with van der Waals surface area (Å²) in [4.78, 5) is 24.5. The summed E-state index contributed by atoms with van der Waals surface area (Å²) in [7, 11) is 0. The van der Waals surface area contributed by atoms with Gasteiger partial charge in [-0.3, -0.25) is 9.59 Å². The van der Waals surface area contributed by atoms with Crippen LogP contribution in [0.5, 0.6) is 0 Å². The first kappa shape index (κ1) is 39.9. The SMILES string of the molecule is CCCCCCCCC=CCCCCCCCCCCCC(=O)C(CCCCCCCCCCCCCC)C(N)=O. The molecule has 1 unspecified atom stereocenters. The third-order valence-corrected chi connectivity index (χ3v) is 8.76. The van der Waals surface area contributed by atoms with Crippen molar-refractivity contribution in [2.75, 3.05) is 0 Å². The summed E-state index contributed by atoms with van der Waals surface area (Å²) in [6, 6.07) is 0. The lowest BCUT2D eigenvalue weighted by atomic mass is 9.92. The summed E-state index contributed by atoms with van der Waals surface area (Å²) in [5, 5.41) is 0. The molecule has 0 bridgehead atoms. The second-order valence-electron chi connectivity index (χ2n) is 12.8. The van der Waals surface area contributed by atoms with Crippen molar-refractivity contribution in [1.29, 1.82) is 0 Å². The van der Waals surface area contributed by atoms with E-state index >= 15 is 0 Å². The summed E-state index contributed by atoms with van der Waals surface area (Å²) in [5.41, 5.74) is 5.59. The molecule has 0 aromatic heterocycles. The van der Waals surface area contributed by atoms with Gasteiger partial charge in [0.2, 0.25) is 5.91 Å². The summed E-state index contributed by atoms with van der Waals surface area (Å²) < 4.78 is 0. The van der Waals surface area contributed by atoms with Gasteiger partial charge in [-0.1, -0.05) is 180 Å². The van der Waals surface area contributed by atoms with E-state index in [-0.39, 0.29) is 5.78 Å². The van der Waals surface area contributed by atoms with Gasteiger partial charge in [-0.25, -0.2) is 0 Å². The molecule has 242 valence electrons. The number of nitrogens with two attached hydrogens (primary N) is 1. The fourth-order valence-electron chi connectivity index (χ4n) is 5.90. The molecular formula is C38H73NO2. The number of amides is 1. The number of allylic oxidation sites excluding steroid dienone is 2. The van der Waals surface area contributed by atoms with Crippen molar-refractivity contribution in [2.45, 2.75) is 213 Å². The molecule has 0 saturated heterocycles. The van der Waals surface area contributed by atoms with Crippen molar-refractivity contribution in [2.24, 2.45) is 11.7 Å². The van der Waals surface area contributed by atoms with Gasteiger partial charge in [0.05, 0.1) is 5.92 Å². The van der Waals surface area contributed by atoms with Crippen LogP contribution in [-0.4, -0.2) is 11.7 Å². The van der Waals surface area contributed by atoms with Gasteiger partial charge in [0, 0.05) is 6.42 Å². The van der Waals surface area contributed by atoms with Gasteiger partial charge in [-0.05, 0) is 38.5 Å². The Bertz CT molecular complexity index is 585. The van der Waals surface area contributed by atoms with Crippen LogP contribution in [0, 0.1) is 5.92 Å². The molecule has 0 spiro atoms. The highest BCUT2D eigenvalue weighted by molar-refractivity contribution is 6.00.